The van der Waals surface area contributed by atoms with E-state index in [1.165, 1.54) is 12.1 Å². The van der Waals surface area contributed by atoms with Crippen molar-refractivity contribution in [2.75, 3.05) is 19.0 Å². The first-order valence-corrected chi connectivity index (χ1v) is 7.86. The van der Waals surface area contributed by atoms with Crippen molar-refractivity contribution < 1.29 is 14.8 Å². The van der Waals surface area contributed by atoms with Crippen molar-refractivity contribution in [3.63, 3.8) is 0 Å². The number of anilines is 1. The van der Waals surface area contributed by atoms with E-state index in [0.29, 0.717) is 10.0 Å². The highest BCUT2D eigenvalue weighted by molar-refractivity contribution is 9.10. The van der Waals surface area contributed by atoms with Crippen molar-refractivity contribution in [1.29, 1.82) is 0 Å². The molecule has 0 aromatic heterocycles. The highest BCUT2D eigenvalue weighted by atomic mass is 79.9. The van der Waals surface area contributed by atoms with Crippen LogP contribution in [0.4, 0.5) is 11.4 Å². The van der Waals surface area contributed by atoms with Crippen molar-refractivity contribution in [3.8, 4) is 5.75 Å². The van der Waals surface area contributed by atoms with Gasteiger partial charge in [-0.05, 0) is 24.3 Å². The van der Waals surface area contributed by atoms with Crippen molar-refractivity contribution in [2.45, 2.75) is 0 Å². The number of carbonyl (C=O) groups excluding carboxylic acids is 1. The first kappa shape index (κ1) is 18.4. The number of nitro groups is 1. The van der Waals surface area contributed by atoms with Crippen LogP contribution in [-0.4, -0.2) is 36.2 Å². The molecular formula is C16H15BrN4O4. The Morgan fingerprint density at radius 2 is 2.08 bits per heavy atom. The fourth-order valence-corrected chi connectivity index (χ4v) is 2.46. The molecule has 0 fully saturated rings. The van der Waals surface area contributed by atoms with E-state index in [1.54, 1.807) is 18.2 Å². The van der Waals surface area contributed by atoms with Crippen LogP contribution >= 0.6 is 15.9 Å². The molecule has 8 nitrogen and oxygen atoms in total. The SMILES string of the molecule is CN(C)c1cccc(C(=O)N/N=C\c2cc(Br)cc([N+](=O)[O-])c2O)c1. The van der Waals surface area contributed by atoms with Crippen LogP contribution in [0.3, 0.4) is 0 Å². The largest absolute Gasteiger partial charge is 0.502 e. The maximum atomic E-state index is 12.1. The van der Waals surface area contributed by atoms with Crippen LogP contribution in [0.2, 0.25) is 0 Å². The Balaban J connectivity index is 2.17. The summed E-state index contributed by atoms with van der Waals surface area (Å²) in [5, 5.41) is 24.5. The number of hydrazone groups is 1. The van der Waals surface area contributed by atoms with Crippen molar-refractivity contribution >= 4 is 39.4 Å². The van der Waals surface area contributed by atoms with E-state index in [0.717, 1.165) is 11.9 Å². The van der Waals surface area contributed by atoms with Gasteiger partial charge in [0.15, 0.2) is 0 Å². The van der Waals surface area contributed by atoms with Crippen LogP contribution in [-0.2, 0) is 0 Å². The Hall–Kier alpha value is -2.94. The van der Waals surface area contributed by atoms with Gasteiger partial charge in [-0.1, -0.05) is 22.0 Å². The molecule has 0 aliphatic carbocycles. The Morgan fingerprint density at radius 3 is 2.72 bits per heavy atom. The molecule has 2 aromatic carbocycles. The monoisotopic (exact) mass is 406 g/mol. The number of aromatic hydroxyl groups is 1. The molecule has 0 aliphatic rings. The summed E-state index contributed by atoms with van der Waals surface area (Å²) in [5.41, 5.74) is 3.24. The van der Waals surface area contributed by atoms with Gasteiger partial charge in [0.25, 0.3) is 5.91 Å². The third-order valence-corrected chi connectivity index (χ3v) is 3.73. The second-order valence-corrected chi connectivity index (χ2v) is 6.18. The summed E-state index contributed by atoms with van der Waals surface area (Å²) >= 11 is 3.13. The number of phenols is 1. The second-order valence-electron chi connectivity index (χ2n) is 5.26. The number of nitro benzene ring substituents is 1. The molecule has 0 heterocycles. The molecule has 2 N–H and O–H groups in total. The smallest absolute Gasteiger partial charge is 0.312 e. The van der Waals surface area contributed by atoms with Crippen molar-refractivity contribution in [1.82, 2.24) is 5.43 Å². The second kappa shape index (κ2) is 7.75. The van der Waals surface area contributed by atoms with E-state index in [-0.39, 0.29) is 5.56 Å². The number of nitrogens with one attached hydrogen (secondary N) is 1. The lowest BCUT2D eigenvalue weighted by molar-refractivity contribution is -0.385. The van der Waals surface area contributed by atoms with Gasteiger partial charge < -0.3 is 10.0 Å². The van der Waals surface area contributed by atoms with Crippen LogP contribution in [0.1, 0.15) is 15.9 Å². The Morgan fingerprint density at radius 1 is 1.36 bits per heavy atom. The highest BCUT2D eigenvalue weighted by Crippen LogP contribution is 2.32. The number of halogens is 1. The van der Waals surface area contributed by atoms with E-state index in [2.05, 4.69) is 26.5 Å². The number of phenolic OH excluding ortho intramolecular Hbond substituents is 1. The number of benzene rings is 2. The minimum Gasteiger partial charge on any atom is -0.502 e. The maximum absolute atomic E-state index is 12.1. The van der Waals surface area contributed by atoms with Gasteiger partial charge in [0.05, 0.1) is 11.1 Å². The van der Waals surface area contributed by atoms with Gasteiger partial charge in [-0.3, -0.25) is 14.9 Å². The molecule has 9 heteroatoms. The van der Waals surface area contributed by atoms with Crippen molar-refractivity contribution in [3.05, 3.63) is 62.1 Å². The Bertz CT molecular complexity index is 852. The number of carbonyl (C=O) groups is 1. The molecule has 130 valence electrons. The summed E-state index contributed by atoms with van der Waals surface area (Å²) in [6, 6.07) is 9.57. The van der Waals surface area contributed by atoms with Crippen LogP contribution in [0.15, 0.2) is 46.0 Å². The average molecular weight is 407 g/mol. The lowest BCUT2D eigenvalue weighted by atomic mass is 10.2. The van der Waals surface area contributed by atoms with Crippen LogP contribution in [0.25, 0.3) is 0 Å². The molecule has 2 rings (SSSR count). The molecule has 0 saturated carbocycles. The third kappa shape index (κ3) is 4.54. The lowest BCUT2D eigenvalue weighted by Crippen LogP contribution is -2.18. The average Bonchev–Trinajstić information content (AvgIpc) is 2.57. The Kier molecular flexibility index (Phi) is 5.71. The summed E-state index contributed by atoms with van der Waals surface area (Å²) in [7, 11) is 3.72. The predicted octanol–water partition coefficient (Wildman–Crippen LogP) is 2.89. The number of nitrogens with zero attached hydrogens (tertiary/aromatic N) is 3. The summed E-state index contributed by atoms with van der Waals surface area (Å²) in [4.78, 5) is 24.2. The molecule has 0 atom stereocenters. The fourth-order valence-electron chi connectivity index (χ4n) is 1.99. The number of hydrogen-bond donors (Lipinski definition) is 2. The third-order valence-electron chi connectivity index (χ3n) is 3.28. The molecular weight excluding hydrogens is 392 g/mol. The summed E-state index contributed by atoms with van der Waals surface area (Å²) in [5.74, 6) is -0.968. The topological polar surface area (TPSA) is 108 Å². The first-order valence-electron chi connectivity index (χ1n) is 7.07. The summed E-state index contributed by atoms with van der Waals surface area (Å²) in [6.07, 6.45) is 1.14. The fraction of sp³-hybridized carbons (Fsp3) is 0.125. The van der Waals surface area contributed by atoms with Crippen LogP contribution in [0, 0.1) is 10.1 Å². The summed E-state index contributed by atoms with van der Waals surface area (Å²) < 4.78 is 0.406. The van der Waals surface area contributed by atoms with E-state index in [1.807, 2.05) is 25.1 Å². The lowest BCUT2D eigenvalue weighted by Gasteiger charge is -2.12. The molecule has 2 aromatic rings. The zero-order chi connectivity index (χ0) is 18.6. The first-order chi connectivity index (χ1) is 11.8. The quantitative estimate of drug-likeness (QED) is 0.450. The standard InChI is InChI=1S/C16H15BrN4O4/c1-20(2)13-5-3-4-10(7-13)16(23)19-18-9-11-6-12(17)8-14(15(11)22)21(24)25/h3-9,22H,1-2H3,(H,19,23)/b18-9-. The summed E-state index contributed by atoms with van der Waals surface area (Å²) in [6.45, 7) is 0. The minimum absolute atomic E-state index is 0.100. The molecule has 1 amide bonds. The highest BCUT2D eigenvalue weighted by Gasteiger charge is 2.17. The predicted molar refractivity (Wildman–Crippen MR) is 98.3 cm³/mol. The Labute approximate surface area is 152 Å². The minimum atomic E-state index is -0.706. The normalized spacial score (nSPS) is 10.7. The van der Waals surface area contributed by atoms with Gasteiger partial charge in [-0.15, -0.1) is 0 Å². The van der Waals surface area contributed by atoms with Crippen molar-refractivity contribution in [2.24, 2.45) is 5.10 Å². The van der Waals surface area contributed by atoms with E-state index < -0.39 is 22.3 Å². The van der Waals surface area contributed by atoms with E-state index in [9.17, 15) is 20.0 Å². The van der Waals surface area contributed by atoms with Crippen LogP contribution in [0.5, 0.6) is 5.75 Å². The zero-order valence-corrected chi connectivity index (χ0v) is 15.0. The van der Waals surface area contributed by atoms with Crippen LogP contribution < -0.4 is 10.3 Å². The maximum Gasteiger partial charge on any atom is 0.312 e. The molecule has 25 heavy (non-hydrogen) atoms. The molecule has 0 aliphatic heterocycles. The number of rotatable bonds is 5. The van der Waals surface area contributed by atoms with Gasteiger partial charge in [0, 0.05) is 41.4 Å². The zero-order valence-electron chi connectivity index (χ0n) is 13.4. The molecule has 0 radical (unpaired) electrons. The molecule has 0 spiro atoms. The van der Waals surface area contributed by atoms with E-state index in [4.69, 9.17) is 0 Å². The van der Waals surface area contributed by atoms with Gasteiger partial charge in [-0.25, -0.2) is 5.43 Å². The van der Waals surface area contributed by atoms with Gasteiger partial charge in [-0.2, -0.15) is 5.10 Å². The molecule has 0 bridgehead atoms. The van der Waals surface area contributed by atoms with E-state index >= 15 is 0 Å². The molecule has 0 unspecified atom stereocenters. The number of amides is 1. The number of hydrogen-bond acceptors (Lipinski definition) is 6. The van der Waals surface area contributed by atoms with Gasteiger partial charge in [0.1, 0.15) is 0 Å². The van der Waals surface area contributed by atoms with Gasteiger partial charge >= 0.3 is 5.69 Å². The van der Waals surface area contributed by atoms with Gasteiger partial charge in [0.2, 0.25) is 5.75 Å². The molecule has 0 saturated heterocycles.